The number of nitrogens with one attached hydrogen (secondary N) is 1. The van der Waals surface area contributed by atoms with Gasteiger partial charge in [-0.05, 0) is 96.8 Å². The van der Waals surface area contributed by atoms with E-state index >= 15 is 0 Å². The molecule has 4 rings (SSSR count). The molecule has 2 saturated carbocycles. The maximum absolute atomic E-state index is 13.4. The van der Waals surface area contributed by atoms with Gasteiger partial charge >= 0.3 is 6.09 Å². The number of amides is 2. The summed E-state index contributed by atoms with van der Waals surface area (Å²) in [6.45, 7) is 16.9. The molecule has 6 atom stereocenters. The fraction of sp³-hybridized carbons (Fsp3) is 0.821. The molecule has 0 bridgehead atoms. The van der Waals surface area contributed by atoms with E-state index in [9.17, 15) is 14.4 Å². The molecule has 0 aromatic heterocycles. The fourth-order valence-corrected chi connectivity index (χ4v) is 7.68. The summed E-state index contributed by atoms with van der Waals surface area (Å²) in [5.74, 6) is 1.36. The van der Waals surface area contributed by atoms with E-state index in [1.807, 2.05) is 41.5 Å². The van der Waals surface area contributed by atoms with Gasteiger partial charge in [0.05, 0.1) is 0 Å². The molecule has 0 spiro atoms. The lowest BCUT2D eigenvalue weighted by molar-refractivity contribution is -0.135. The number of allylic oxidation sites excluding steroid dienone is 2. The molecule has 1 N–H and O–H groups in total. The maximum Gasteiger partial charge on any atom is 0.414 e. The number of nitrogens with zero attached hydrogens (tertiary/aromatic N) is 1. The molecule has 6 heteroatoms. The molecule has 34 heavy (non-hydrogen) atoms. The number of carbonyl (C=O) groups is 3. The molecule has 6 nitrogen and oxygen atoms in total. The first-order valence-electron chi connectivity index (χ1n) is 13.1. The van der Waals surface area contributed by atoms with Crippen molar-refractivity contribution in [2.45, 2.75) is 105 Å². The summed E-state index contributed by atoms with van der Waals surface area (Å²) in [5, 5.41) is 3.23. The molecule has 1 aliphatic heterocycles. The average molecular weight is 473 g/mol. The van der Waals surface area contributed by atoms with E-state index < -0.39 is 5.60 Å². The minimum Gasteiger partial charge on any atom is -0.443 e. The van der Waals surface area contributed by atoms with Crippen molar-refractivity contribution in [3.8, 4) is 0 Å². The van der Waals surface area contributed by atoms with Crippen LogP contribution >= 0.6 is 0 Å². The number of hydrogen-bond acceptors (Lipinski definition) is 4. The molecule has 4 aliphatic rings. The Morgan fingerprint density at radius 1 is 1.03 bits per heavy atom. The van der Waals surface area contributed by atoms with Crippen LogP contribution in [0.3, 0.4) is 0 Å². The largest absolute Gasteiger partial charge is 0.443 e. The normalized spacial score (nSPS) is 37.8. The molecule has 0 aromatic rings. The van der Waals surface area contributed by atoms with Crippen LogP contribution in [-0.2, 0) is 14.3 Å². The van der Waals surface area contributed by atoms with Crippen LogP contribution in [0, 0.1) is 34.5 Å². The molecule has 0 radical (unpaired) electrons. The van der Waals surface area contributed by atoms with E-state index in [2.05, 4.69) is 19.2 Å². The summed E-state index contributed by atoms with van der Waals surface area (Å²) in [6, 6.07) is 0. The number of hydrogen-bond donors (Lipinski definition) is 1. The summed E-state index contributed by atoms with van der Waals surface area (Å²) < 4.78 is 5.81. The van der Waals surface area contributed by atoms with Gasteiger partial charge in [-0.25, -0.2) is 4.79 Å². The Balaban J connectivity index is 1.68. The molecule has 2 amide bonds. The van der Waals surface area contributed by atoms with Crippen molar-refractivity contribution >= 4 is 17.8 Å². The van der Waals surface area contributed by atoms with Gasteiger partial charge in [-0.2, -0.15) is 0 Å². The van der Waals surface area contributed by atoms with Crippen LogP contribution in [0.1, 0.15) is 93.9 Å². The van der Waals surface area contributed by atoms with Crippen molar-refractivity contribution in [3.05, 3.63) is 11.8 Å². The lowest BCUT2D eigenvalue weighted by atomic mass is 9.49. The van der Waals surface area contributed by atoms with Gasteiger partial charge in [-0.15, -0.1) is 0 Å². The summed E-state index contributed by atoms with van der Waals surface area (Å²) in [4.78, 5) is 40.9. The number of likely N-dealkylation sites (tertiary alicyclic amines) is 1. The third-order valence-electron chi connectivity index (χ3n) is 9.14. The number of rotatable bonds is 1. The van der Waals surface area contributed by atoms with Crippen LogP contribution in [0.15, 0.2) is 11.8 Å². The van der Waals surface area contributed by atoms with E-state index in [0.717, 1.165) is 37.8 Å². The van der Waals surface area contributed by atoms with Gasteiger partial charge in [-0.3, -0.25) is 14.5 Å². The SMILES string of the molecule is CC(C)(C)NC(=O)[C@H]1CC[C@H]2[C@@H]3CN(C(=O)OC(C)(C)C)C4=CC(=O)CC[C@]4(C)[C@H]3CC[C@]12C. The first-order chi connectivity index (χ1) is 15.6. The van der Waals surface area contributed by atoms with Gasteiger partial charge in [-0.1, -0.05) is 13.8 Å². The monoisotopic (exact) mass is 472 g/mol. The van der Waals surface area contributed by atoms with Crippen molar-refractivity contribution in [2.24, 2.45) is 34.5 Å². The smallest absolute Gasteiger partial charge is 0.414 e. The molecular weight excluding hydrogens is 428 g/mol. The highest BCUT2D eigenvalue weighted by Crippen LogP contribution is 2.65. The molecule has 3 fully saturated rings. The Kier molecular flexibility index (Phi) is 6.01. The van der Waals surface area contributed by atoms with Crippen LogP contribution in [-0.4, -0.2) is 40.4 Å². The Labute approximate surface area is 205 Å². The standard InChI is InChI=1S/C28H44N2O4/c1-25(2,3)29-23(32)21-10-9-19-18-16-30(24(33)34-26(4,5)6)22-15-17(31)11-13-28(22,8)20(18)12-14-27(19,21)7/h15,18-21H,9-14,16H2,1-8H3,(H,29,32)/t18-,19-,20-,21+,27-,28+/m0/s1. The summed E-state index contributed by atoms with van der Waals surface area (Å²) in [7, 11) is 0. The predicted molar refractivity (Wildman–Crippen MR) is 132 cm³/mol. The van der Waals surface area contributed by atoms with Crippen LogP contribution < -0.4 is 5.32 Å². The number of carbonyl (C=O) groups excluding carboxylic acids is 3. The lowest BCUT2D eigenvalue weighted by Gasteiger charge is -2.60. The van der Waals surface area contributed by atoms with Crippen molar-refractivity contribution in [3.63, 3.8) is 0 Å². The van der Waals surface area contributed by atoms with Crippen molar-refractivity contribution in [1.29, 1.82) is 0 Å². The third-order valence-corrected chi connectivity index (χ3v) is 9.14. The van der Waals surface area contributed by atoms with Crippen molar-refractivity contribution in [2.75, 3.05) is 6.54 Å². The van der Waals surface area contributed by atoms with E-state index in [0.29, 0.717) is 30.7 Å². The number of piperidine rings is 1. The quantitative estimate of drug-likeness (QED) is 0.549. The van der Waals surface area contributed by atoms with E-state index in [1.54, 1.807) is 11.0 Å². The van der Waals surface area contributed by atoms with E-state index in [4.69, 9.17) is 4.74 Å². The van der Waals surface area contributed by atoms with Gasteiger partial charge in [0, 0.05) is 41.6 Å². The zero-order chi connectivity index (χ0) is 25.3. The number of fused-ring (bicyclic) bond motifs is 5. The second kappa shape index (κ2) is 8.09. The Morgan fingerprint density at radius 3 is 2.32 bits per heavy atom. The zero-order valence-corrected chi connectivity index (χ0v) is 22.4. The molecule has 0 aromatic carbocycles. The minimum atomic E-state index is -0.603. The Bertz CT molecular complexity index is 910. The number of ketones is 1. The average Bonchev–Trinajstić information content (AvgIpc) is 3.03. The van der Waals surface area contributed by atoms with Crippen LogP contribution in [0.4, 0.5) is 4.79 Å². The van der Waals surface area contributed by atoms with Crippen molar-refractivity contribution in [1.82, 2.24) is 10.2 Å². The van der Waals surface area contributed by atoms with Gasteiger partial charge < -0.3 is 10.1 Å². The molecule has 190 valence electrons. The Morgan fingerprint density at radius 2 is 1.71 bits per heavy atom. The van der Waals surface area contributed by atoms with E-state index in [-0.39, 0.29) is 40.1 Å². The minimum absolute atomic E-state index is 0.00494. The van der Waals surface area contributed by atoms with Crippen LogP contribution in [0.5, 0.6) is 0 Å². The van der Waals surface area contributed by atoms with Crippen molar-refractivity contribution < 1.29 is 19.1 Å². The predicted octanol–water partition coefficient (Wildman–Crippen LogP) is 5.46. The first-order valence-corrected chi connectivity index (χ1v) is 13.1. The third kappa shape index (κ3) is 4.30. The van der Waals surface area contributed by atoms with Gasteiger partial charge in [0.15, 0.2) is 5.78 Å². The zero-order valence-electron chi connectivity index (χ0n) is 22.4. The lowest BCUT2D eigenvalue weighted by Crippen LogP contribution is -2.60. The molecule has 0 unspecified atom stereocenters. The maximum atomic E-state index is 13.4. The van der Waals surface area contributed by atoms with Crippen LogP contribution in [0.25, 0.3) is 0 Å². The highest BCUT2D eigenvalue weighted by molar-refractivity contribution is 5.92. The van der Waals surface area contributed by atoms with Crippen LogP contribution in [0.2, 0.25) is 0 Å². The highest BCUT2D eigenvalue weighted by atomic mass is 16.6. The van der Waals surface area contributed by atoms with Gasteiger partial charge in [0.2, 0.25) is 5.91 Å². The topological polar surface area (TPSA) is 75.7 Å². The van der Waals surface area contributed by atoms with Gasteiger partial charge in [0.25, 0.3) is 0 Å². The molecule has 3 aliphatic carbocycles. The summed E-state index contributed by atoms with van der Waals surface area (Å²) in [6.07, 6.45) is 6.62. The molecule has 1 heterocycles. The summed E-state index contributed by atoms with van der Waals surface area (Å²) >= 11 is 0. The fourth-order valence-electron chi connectivity index (χ4n) is 7.68. The second-order valence-corrected chi connectivity index (χ2v) is 13.8. The highest BCUT2D eigenvalue weighted by Gasteiger charge is 2.62. The Hall–Kier alpha value is -1.85. The molecule has 1 saturated heterocycles. The van der Waals surface area contributed by atoms with Gasteiger partial charge in [0.1, 0.15) is 5.60 Å². The second-order valence-electron chi connectivity index (χ2n) is 13.8. The molecular formula is C28H44N2O4. The first kappa shape index (κ1) is 25.2. The number of ether oxygens (including phenoxy) is 1. The summed E-state index contributed by atoms with van der Waals surface area (Å²) in [5.41, 5.74) is -0.293. The van der Waals surface area contributed by atoms with E-state index in [1.165, 1.54) is 0 Å².